The molecule has 112 valence electrons. The smallest absolute Gasteiger partial charge is 0.125 e. The molecule has 0 saturated carbocycles. The highest BCUT2D eigenvalue weighted by Gasteiger charge is 2.30. The van der Waals surface area contributed by atoms with Crippen LogP contribution < -0.4 is 5.32 Å². The topological polar surface area (TPSA) is 51.6 Å². The second-order valence-electron chi connectivity index (χ2n) is 5.82. The van der Waals surface area contributed by atoms with E-state index < -0.39 is 0 Å². The first-order valence-electron chi connectivity index (χ1n) is 7.34. The summed E-state index contributed by atoms with van der Waals surface area (Å²) >= 11 is 0. The van der Waals surface area contributed by atoms with Gasteiger partial charge in [-0.2, -0.15) is 0 Å². The number of pyridine rings is 1. The van der Waals surface area contributed by atoms with E-state index >= 15 is 0 Å². The van der Waals surface area contributed by atoms with Crippen molar-refractivity contribution in [1.82, 2.24) is 14.8 Å². The summed E-state index contributed by atoms with van der Waals surface area (Å²) < 4.78 is 0. The number of nitrogens with zero attached hydrogens (tertiary/aromatic N) is 3. The molecule has 2 N–H and O–H groups in total. The first kappa shape index (κ1) is 15.2. The summed E-state index contributed by atoms with van der Waals surface area (Å²) in [5.41, 5.74) is 1.20. The van der Waals surface area contributed by atoms with Gasteiger partial charge in [0.15, 0.2) is 0 Å². The van der Waals surface area contributed by atoms with E-state index in [0.29, 0.717) is 6.04 Å². The quantitative estimate of drug-likeness (QED) is 0.813. The molecule has 0 amide bonds. The van der Waals surface area contributed by atoms with Crippen LogP contribution in [0.5, 0.6) is 0 Å². The molecule has 0 radical (unpaired) electrons. The summed E-state index contributed by atoms with van der Waals surface area (Å²) in [6, 6.07) is 4.56. The Morgan fingerprint density at radius 2 is 2.25 bits per heavy atom. The van der Waals surface area contributed by atoms with Crippen molar-refractivity contribution in [3.8, 4) is 0 Å². The number of hydrogen-bond acceptors (Lipinski definition) is 5. The summed E-state index contributed by atoms with van der Waals surface area (Å²) in [5.74, 6) is 0.919. The molecule has 5 heteroatoms. The molecule has 20 heavy (non-hydrogen) atoms. The van der Waals surface area contributed by atoms with Crippen molar-refractivity contribution in [3.05, 3.63) is 23.9 Å². The van der Waals surface area contributed by atoms with Crippen LogP contribution in [0.4, 0.5) is 5.82 Å². The van der Waals surface area contributed by atoms with E-state index in [1.165, 1.54) is 5.56 Å². The molecule has 2 atom stereocenters. The van der Waals surface area contributed by atoms with Crippen LogP contribution in [0, 0.1) is 0 Å². The summed E-state index contributed by atoms with van der Waals surface area (Å²) in [5, 5.41) is 13.1. The Morgan fingerprint density at radius 3 is 2.85 bits per heavy atom. The van der Waals surface area contributed by atoms with Gasteiger partial charge in [0.1, 0.15) is 5.82 Å². The second kappa shape index (κ2) is 7.02. The lowest BCUT2D eigenvalue weighted by Gasteiger charge is -2.26. The normalized spacial score (nSPS) is 23.4. The molecule has 0 spiro atoms. The lowest BCUT2D eigenvalue weighted by molar-refractivity contribution is 0.169. The molecule has 0 aliphatic carbocycles. The molecule has 0 bridgehead atoms. The van der Waals surface area contributed by atoms with E-state index in [-0.39, 0.29) is 6.10 Å². The van der Waals surface area contributed by atoms with Gasteiger partial charge in [-0.3, -0.25) is 4.90 Å². The fraction of sp³-hybridized carbons (Fsp3) is 0.667. The van der Waals surface area contributed by atoms with E-state index in [1.54, 1.807) is 0 Å². The van der Waals surface area contributed by atoms with Crippen molar-refractivity contribution < 1.29 is 5.11 Å². The van der Waals surface area contributed by atoms with Gasteiger partial charge in [-0.15, -0.1) is 0 Å². The predicted octanol–water partition coefficient (Wildman–Crippen LogP) is 1.01. The van der Waals surface area contributed by atoms with Crippen LogP contribution in [-0.2, 0) is 6.54 Å². The van der Waals surface area contributed by atoms with Crippen molar-refractivity contribution in [2.24, 2.45) is 0 Å². The summed E-state index contributed by atoms with van der Waals surface area (Å²) in [4.78, 5) is 8.94. The van der Waals surface area contributed by atoms with Crippen molar-refractivity contribution in [2.75, 3.05) is 39.0 Å². The Labute approximate surface area is 121 Å². The molecule has 1 aromatic heterocycles. The van der Waals surface area contributed by atoms with Crippen LogP contribution in [0.2, 0.25) is 0 Å². The minimum absolute atomic E-state index is 0.200. The molecule has 0 aromatic carbocycles. The van der Waals surface area contributed by atoms with Crippen LogP contribution >= 0.6 is 0 Å². The zero-order chi connectivity index (χ0) is 14.5. The fourth-order valence-electron chi connectivity index (χ4n) is 2.80. The standard InChI is InChI=1S/C15H26N4O/c1-4-16-15-6-5-12(8-17-15)9-19-11-14(20)7-13(19)10-18(2)3/h5-6,8,13-14,20H,4,7,9-11H2,1-3H3,(H,16,17). The van der Waals surface area contributed by atoms with Crippen LogP contribution in [0.15, 0.2) is 18.3 Å². The van der Waals surface area contributed by atoms with Gasteiger partial charge in [-0.25, -0.2) is 4.98 Å². The highest BCUT2D eigenvalue weighted by Crippen LogP contribution is 2.21. The minimum atomic E-state index is -0.200. The largest absolute Gasteiger partial charge is 0.392 e. The van der Waals surface area contributed by atoms with Gasteiger partial charge in [-0.05, 0) is 39.1 Å². The van der Waals surface area contributed by atoms with E-state index in [2.05, 4.69) is 47.2 Å². The number of anilines is 1. The third-order valence-corrected chi connectivity index (χ3v) is 3.65. The lowest BCUT2D eigenvalue weighted by Crippen LogP contribution is -2.37. The molecular formula is C15H26N4O. The van der Waals surface area contributed by atoms with E-state index in [4.69, 9.17) is 0 Å². The number of aromatic nitrogens is 1. The van der Waals surface area contributed by atoms with Gasteiger partial charge in [0.05, 0.1) is 6.10 Å². The highest BCUT2D eigenvalue weighted by molar-refractivity contribution is 5.35. The summed E-state index contributed by atoms with van der Waals surface area (Å²) in [6.45, 7) is 5.55. The number of nitrogens with one attached hydrogen (secondary N) is 1. The molecule has 1 aliphatic heterocycles. The highest BCUT2D eigenvalue weighted by atomic mass is 16.3. The number of β-amino-alcohol motifs (C(OH)–C–C–N with tert-alkyl or cyclic N) is 1. The van der Waals surface area contributed by atoms with Crippen molar-refractivity contribution in [1.29, 1.82) is 0 Å². The van der Waals surface area contributed by atoms with Crippen LogP contribution in [0.25, 0.3) is 0 Å². The minimum Gasteiger partial charge on any atom is -0.392 e. The molecular weight excluding hydrogens is 252 g/mol. The Bertz CT molecular complexity index is 407. The van der Waals surface area contributed by atoms with Crippen molar-refractivity contribution >= 4 is 5.82 Å². The molecule has 1 saturated heterocycles. The maximum atomic E-state index is 9.89. The van der Waals surface area contributed by atoms with E-state index in [0.717, 1.165) is 38.4 Å². The number of rotatable bonds is 6. The molecule has 2 unspecified atom stereocenters. The maximum Gasteiger partial charge on any atom is 0.125 e. The van der Waals surface area contributed by atoms with Crippen LogP contribution in [0.3, 0.4) is 0 Å². The monoisotopic (exact) mass is 278 g/mol. The Balaban J connectivity index is 1.96. The molecule has 5 nitrogen and oxygen atoms in total. The zero-order valence-electron chi connectivity index (χ0n) is 12.7. The predicted molar refractivity (Wildman–Crippen MR) is 81.8 cm³/mol. The Kier molecular flexibility index (Phi) is 5.34. The number of aliphatic hydroxyl groups is 1. The number of hydrogen-bond donors (Lipinski definition) is 2. The number of likely N-dealkylation sites (tertiary alicyclic amines) is 1. The van der Waals surface area contributed by atoms with E-state index in [9.17, 15) is 5.11 Å². The van der Waals surface area contributed by atoms with Crippen LogP contribution in [0.1, 0.15) is 18.9 Å². The average molecular weight is 278 g/mol. The molecule has 2 heterocycles. The number of likely N-dealkylation sites (N-methyl/N-ethyl adjacent to an activating group) is 1. The van der Waals surface area contributed by atoms with Gasteiger partial charge in [0, 0.05) is 38.4 Å². The Hall–Kier alpha value is -1.17. The van der Waals surface area contributed by atoms with Gasteiger partial charge in [0.25, 0.3) is 0 Å². The van der Waals surface area contributed by atoms with Crippen LogP contribution in [-0.4, -0.2) is 65.8 Å². The van der Waals surface area contributed by atoms with Gasteiger partial charge in [-0.1, -0.05) is 6.07 Å². The average Bonchev–Trinajstić information content (AvgIpc) is 2.71. The maximum absolute atomic E-state index is 9.89. The third kappa shape index (κ3) is 4.16. The Morgan fingerprint density at radius 1 is 1.45 bits per heavy atom. The summed E-state index contributed by atoms with van der Waals surface area (Å²) in [7, 11) is 4.16. The molecule has 1 fully saturated rings. The van der Waals surface area contributed by atoms with Gasteiger partial charge < -0.3 is 15.3 Å². The number of aliphatic hydroxyl groups excluding tert-OH is 1. The molecule has 2 rings (SSSR count). The second-order valence-corrected chi connectivity index (χ2v) is 5.82. The third-order valence-electron chi connectivity index (χ3n) is 3.65. The fourth-order valence-corrected chi connectivity index (χ4v) is 2.80. The van der Waals surface area contributed by atoms with E-state index in [1.807, 2.05) is 12.3 Å². The van der Waals surface area contributed by atoms with Gasteiger partial charge >= 0.3 is 0 Å². The lowest BCUT2D eigenvalue weighted by atomic mass is 10.2. The summed E-state index contributed by atoms with van der Waals surface area (Å²) in [6.07, 6.45) is 2.59. The SMILES string of the molecule is CCNc1ccc(CN2CC(O)CC2CN(C)C)cn1. The van der Waals surface area contributed by atoms with Crippen molar-refractivity contribution in [2.45, 2.75) is 32.0 Å². The molecule has 1 aromatic rings. The molecule has 1 aliphatic rings. The first-order valence-corrected chi connectivity index (χ1v) is 7.34. The van der Waals surface area contributed by atoms with Crippen molar-refractivity contribution in [3.63, 3.8) is 0 Å². The van der Waals surface area contributed by atoms with Gasteiger partial charge in [0.2, 0.25) is 0 Å². The first-order chi connectivity index (χ1) is 9.58. The zero-order valence-corrected chi connectivity index (χ0v) is 12.7.